The van der Waals surface area contributed by atoms with Crippen LogP contribution in [0.1, 0.15) is 41.7 Å². The topological polar surface area (TPSA) is 120 Å². The van der Waals surface area contributed by atoms with Crippen LogP contribution in [0.2, 0.25) is 0 Å². The van der Waals surface area contributed by atoms with Crippen molar-refractivity contribution in [3.63, 3.8) is 0 Å². The largest absolute Gasteiger partial charge is 0.345 e. The second-order valence-corrected chi connectivity index (χ2v) is 9.35. The molecule has 4 amide bonds. The first-order valence-electron chi connectivity index (χ1n) is 11.2. The second kappa shape index (κ2) is 9.30. The van der Waals surface area contributed by atoms with Crippen LogP contribution in [0, 0.1) is 0 Å². The Morgan fingerprint density at radius 1 is 1.06 bits per heavy atom. The summed E-state index contributed by atoms with van der Waals surface area (Å²) in [6.07, 6.45) is 1.76. The second-order valence-electron chi connectivity index (χ2n) is 8.50. The van der Waals surface area contributed by atoms with Crippen LogP contribution in [0.15, 0.2) is 53.9 Å². The molecule has 1 aliphatic heterocycles. The lowest BCUT2D eigenvalue weighted by molar-refractivity contribution is -0.127. The number of nitrogens with one attached hydrogen (secondary N) is 3. The van der Waals surface area contributed by atoms with Gasteiger partial charge in [-0.25, -0.2) is 4.98 Å². The summed E-state index contributed by atoms with van der Waals surface area (Å²) in [7, 11) is 0. The summed E-state index contributed by atoms with van der Waals surface area (Å²) < 4.78 is 0. The maximum absolute atomic E-state index is 13.0. The van der Waals surface area contributed by atoms with E-state index in [1.54, 1.807) is 35.2 Å². The zero-order chi connectivity index (χ0) is 24.5. The Labute approximate surface area is 205 Å². The number of hydrogen-bond acceptors (Lipinski definition) is 6. The first kappa shape index (κ1) is 22.7. The fourth-order valence-corrected chi connectivity index (χ4v) is 4.89. The Bertz CT molecular complexity index is 1320. The SMILES string of the molecule is CC(=O)Nc1ccc(-c2csc(NC(=O)CNC(=O)C3c4ccccc4C(=O)N3C3CC3)n2)cc1. The Hall–Kier alpha value is -4.05. The number of carbonyl (C=O) groups excluding carboxylic acids is 4. The van der Waals surface area contributed by atoms with E-state index in [0.717, 1.165) is 18.4 Å². The molecule has 1 unspecified atom stereocenters. The number of hydrogen-bond donors (Lipinski definition) is 3. The lowest BCUT2D eigenvalue weighted by Gasteiger charge is -2.24. The van der Waals surface area contributed by atoms with Crippen LogP contribution in [0.5, 0.6) is 0 Å². The average molecular weight is 490 g/mol. The molecule has 3 N–H and O–H groups in total. The molecule has 35 heavy (non-hydrogen) atoms. The summed E-state index contributed by atoms with van der Waals surface area (Å²) in [5, 5.41) is 10.3. The highest BCUT2D eigenvalue weighted by Gasteiger charge is 2.47. The van der Waals surface area contributed by atoms with Crippen molar-refractivity contribution in [3.05, 3.63) is 65.0 Å². The van der Waals surface area contributed by atoms with Crippen LogP contribution < -0.4 is 16.0 Å². The summed E-state index contributed by atoms with van der Waals surface area (Å²) in [6.45, 7) is 1.21. The summed E-state index contributed by atoms with van der Waals surface area (Å²) in [5.41, 5.74) is 3.44. The van der Waals surface area contributed by atoms with E-state index in [1.807, 2.05) is 23.6 Å². The van der Waals surface area contributed by atoms with E-state index in [4.69, 9.17) is 0 Å². The molecule has 1 aliphatic carbocycles. The van der Waals surface area contributed by atoms with E-state index in [2.05, 4.69) is 20.9 Å². The third kappa shape index (κ3) is 4.78. The lowest BCUT2D eigenvalue weighted by atomic mass is 10.0. The minimum Gasteiger partial charge on any atom is -0.345 e. The van der Waals surface area contributed by atoms with Gasteiger partial charge in [-0.05, 0) is 36.6 Å². The molecule has 0 spiro atoms. The van der Waals surface area contributed by atoms with Crippen molar-refractivity contribution in [2.24, 2.45) is 0 Å². The highest BCUT2D eigenvalue weighted by molar-refractivity contribution is 7.14. The molecule has 2 aromatic carbocycles. The van der Waals surface area contributed by atoms with Gasteiger partial charge >= 0.3 is 0 Å². The number of thiazole rings is 1. The van der Waals surface area contributed by atoms with E-state index < -0.39 is 11.9 Å². The quantitative estimate of drug-likeness (QED) is 0.471. The van der Waals surface area contributed by atoms with Crippen LogP contribution in [-0.4, -0.2) is 46.1 Å². The van der Waals surface area contributed by atoms with Gasteiger partial charge in [0.2, 0.25) is 17.7 Å². The Balaban J connectivity index is 1.19. The van der Waals surface area contributed by atoms with Gasteiger partial charge in [0.1, 0.15) is 6.04 Å². The first-order chi connectivity index (χ1) is 16.9. The first-order valence-corrected chi connectivity index (χ1v) is 12.1. The van der Waals surface area contributed by atoms with E-state index in [-0.39, 0.29) is 30.3 Å². The van der Waals surface area contributed by atoms with Gasteiger partial charge in [0, 0.05) is 35.2 Å². The minimum atomic E-state index is -0.717. The van der Waals surface area contributed by atoms with Crippen molar-refractivity contribution in [1.29, 1.82) is 0 Å². The monoisotopic (exact) mass is 489 g/mol. The molecule has 9 nitrogen and oxygen atoms in total. The Morgan fingerprint density at radius 3 is 2.51 bits per heavy atom. The third-order valence-electron chi connectivity index (χ3n) is 5.86. The molecule has 178 valence electrons. The van der Waals surface area contributed by atoms with Crippen molar-refractivity contribution < 1.29 is 19.2 Å². The van der Waals surface area contributed by atoms with Crippen LogP contribution in [0.3, 0.4) is 0 Å². The molecule has 1 aromatic heterocycles. The standard InChI is InChI=1S/C25H23N5O4S/c1-14(31)27-16-8-6-15(7-9-16)20-13-35-25(28-20)29-21(32)12-26-23(33)22-18-4-2-3-5-19(18)24(34)30(22)17-10-11-17/h2-9,13,17,22H,10-12H2,1H3,(H,26,33)(H,27,31)(H,28,29,32). The summed E-state index contributed by atoms with van der Waals surface area (Å²) in [5.74, 6) is -1.05. The van der Waals surface area contributed by atoms with Crippen LogP contribution in [-0.2, 0) is 14.4 Å². The Morgan fingerprint density at radius 2 is 1.80 bits per heavy atom. The highest BCUT2D eigenvalue weighted by atomic mass is 32.1. The van der Waals surface area contributed by atoms with Gasteiger partial charge in [-0.2, -0.15) is 0 Å². The maximum Gasteiger partial charge on any atom is 0.255 e. The van der Waals surface area contributed by atoms with Gasteiger partial charge in [-0.3, -0.25) is 19.2 Å². The van der Waals surface area contributed by atoms with Crippen molar-refractivity contribution in [3.8, 4) is 11.3 Å². The lowest BCUT2D eigenvalue weighted by Crippen LogP contribution is -2.42. The molecule has 0 saturated heterocycles. The third-order valence-corrected chi connectivity index (χ3v) is 6.62. The molecule has 1 atom stereocenters. The van der Waals surface area contributed by atoms with Crippen molar-refractivity contribution in [2.45, 2.75) is 31.8 Å². The molecule has 0 bridgehead atoms. The van der Waals surface area contributed by atoms with E-state index in [1.165, 1.54) is 18.3 Å². The smallest absolute Gasteiger partial charge is 0.255 e. The summed E-state index contributed by atoms with van der Waals surface area (Å²) >= 11 is 1.27. The number of benzene rings is 2. The molecule has 1 fully saturated rings. The molecule has 2 aliphatic rings. The maximum atomic E-state index is 13.0. The molecule has 5 rings (SSSR count). The van der Waals surface area contributed by atoms with Gasteiger partial charge in [0.15, 0.2) is 5.13 Å². The average Bonchev–Trinajstić information content (AvgIpc) is 3.50. The van der Waals surface area contributed by atoms with Crippen LogP contribution in [0.4, 0.5) is 10.8 Å². The molecular formula is C25H23N5O4S. The van der Waals surface area contributed by atoms with Gasteiger partial charge in [0.05, 0.1) is 12.2 Å². The molecule has 3 aromatic rings. The number of anilines is 2. The van der Waals surface area contributed by atoms with Gasteiger partial charge in [-0.1, -0.05) is 30.3 Å². The summed E-state index contributed by atoms with van der Waals surface area (Å²) in [4.78, 5) is 55.5. The number of amides is 4. The normalized spacial score (nSPS) is 16.5. The molecule has 0 radical (unpaired) electrons. The zero-order valence-electron chi connectivity index (χ0n) is 18.9. The fraction of sp³-hybridized carbons (Fsp3) is 0.240. The fourth-order valence-electron chi connectivity index (χ4n) is 4.15. The molecule has 1 saturated carbocycles. The minimum absolute atomic E-state index is 0.0699. The van der Waals surface area contributed by atoms with Crippen molar-refractivity contribution in [2.75, 3.05) is 17.2 Å². The van der Waals surface area contributed by atoms with Crippen molar-refractivity contribution >= 4 is 45.8 Å². The van der Waals surface area contributed by atoms with Crippen LogP contribution in [0.25, 0.3) is 11.3 Å². The zero-order valence-corrected chi connectivity index (χ0v) is 19.7. The number of nitrogens with zero attached hydrogens (tertiary/aromatic N) is 2. The highest BCUT2D eigenvalue weighted by Crippen LogP contribution is 2.41. The van der Waals surface area contributed by atoms with E-state index >= 15 is 0 Å². The number of fused-ring (bicyclic) bond motifs is 1. The molecule has 2 heterocycles. The van der Waals surface area contributed by atoms with Gasteiger partial charge < -0.3 is 20.9 Å². The number of rotatable bonds is 7. The van der Waals surface area contributed by atoms with Gasteiger partial charge in [0.25, 0.3) is 5.91 Å². The van der Waals surface area contributed by atoms with Crippen LogP contribution >= 0.6 is 11.3 Å². The van der Waals surface area contributed by atoms with E-state index in [0.29, 0.717) is 27.6 Å². The molecular weight excluding hydrogens is 466 g/mol. The summed E-state index contributed by atoms with van der Waals surface area (Å²) in [6, 6.07) is 13.7. The number of aromatic nitrogens is 1. The van der Waals surface area contributed by atoms with E-state index in [9.17, 15) is 19.2 Å². The molecule has 10 heteroatoms. The van der Waals surface area contributed by atoms with Crippen molar-refractivity contribution in [1.82, 2.24) is 15.2 Å². The predicted molar refractivity (Wildman–Crippen MR) is 132 cm³/mol. The number of carbonyl (C=O) groups is 4. The Kier molecular flexibility index (Phi) is 6.04. The van der Waals surface area contributed by atoms with Gasteiger partial charge in [-0.15, -0.1) is 11.3 Å². The predicted octanol–water partition coefficient (Wildman–Crippen LogP) is 3.18.